The minimum Gasteiger partial charge on any atom is -0.481 e. The van der Waals surface area contributed by atoms with Crippen molar-refractivity contribution in [3.8, 4) is 0 Å². The Morgan fingerprint density at radius 2 is 2.00 bits per heavy atom. The molecule has 0 bridgehead atoms. The lowest BCUT2D eigenvalue weighted by Gasteiger charge is -2.08. The van der Waals surface area contributed by atoms with Crippen LogP contribution < -0.4 is 11.1 Å². The molecule has 0 radical (unpaired) electrons. The Hall–Kier alpha value is -1.75. The van der Waals surface area contributed by atoms with Crippen LogP contribution in [0.1, 0.15) is 36.0 Å². The Balaban J connectivity index is 2.32. The highest BCUT2D eigenvalue weighted by Crippen LogP contribution is 2.20. The van der Waals surface area contributed by atoms with E-state index in [-0.39, 0.29) is 6.42 Å². The van der Waals surface area contributed by atoms with Gasteiger partial charge in [-0.1, -0.05) is 18.0 Å². The highest BCUT2D eigenvalue weighted by atomic mass is 35.5. The van der Waals surface area contributed by atoms with Crippen LogP contribution in [0.4, 0.5) is 5.69 Å². The molecule has 0 aliphatic carbocycles. The third-order valence-electron chi connectivity index (χ3n) is 2.63. The number of aliphatic carboxylic acids is 1. The van der Waals surface area contributed by atoms with Gasteiger partial charge in [0.1, 0.15) is 0 Å². The number of nitrogens with one attached hydrogen (secondary N) is 1. The number of amides is 1. The van der Waals surface area contributed by atoms with Crippen molar-refractivity contribution >= 4 is 29.2 Å². The quantitative estimate of drug-likeness (QED) is 0.640. The standard InChI is InChI=1S/C13H17ClN2O3/c14-11-8-9(5-6-10(11)13(15)19)16-7-3-1-2-4-12(17)18/h5-6,8,16H,1-4,7H2,(H2,15,19)(H,17,18). The van der Waals surface area contributed by atoms with Gasteiger partial charge in [-0.2, -0.15) is 0 Å². The van der Waals surface area contributed by atoms with Gasteiger partial charge in [0.2, 0.25) is 5.91 Å². The number of hydrogen-bond acceptors (Lipinski definition) is 3. The SMILES string of the molecule is NC(=O)c1ccc(NCCCCCC(=O)O)cc1Cl. The van der Waals surface area contributed by atoms with Crippen molar-refractivity contribution in [3.05, 3.63) is 28.8 Å². The van der Waals surface area contributed by atoms with E-state index in [0.29, 0.717) is 17.0 Å². The van der Waals surface area contributed by atoms with Gasteiger partial charge in [0.05, 0.1) is 10.6 Å². The van der Waals surface area contributed by atoms with Crippen LogP contribution in [-0.4, -0.2) is 23.5 Å². The van der Waals surface area contributed by atoms with E-state index in [0.717, 1.165) is 25.1 Å². The summed E-state index contributed by atoms with van der Waals surface area (Å²) in [5.41, 5.74) is 6.27. The van der Waals surface area contributed by atoms with Crippen LogP contribution in [0.2, 0.25) is 5.02 Å². The van der Waals surface area contributed by atoms with Gasteiger partial charge < -0.3 is 16.2 Å². The first-order chi connectivity index (χ1) is 9.00. The molecule has 0 aliphatic rings. The van der Waals surface area contributed by atoms with Crippen LogP contribution in [0.5, 0.6) is 0 Å². The molecule has 0 spiro atoms. The summed E-state index contributed by atoms with van der Waals surface area (Å²) < 4.78 is 0. The number of carboxylic acid groups (broad SMARTS) is 1. The van der Waals surface area contributed by atoms with Gasteiger partial charge in [0.25, 0.3) is 0 Å². The molecule has 1 rings (SSSR count). The molecule has 1 amide bonds. The maximum atomic E-state index is 11.0. The van der Waals surface area contributed by atoms with E-state index >= 15 is 0 Å². The largest absolute Gasteiger partial charge is 0.481 e. The maximum absolute atomic E-state index is 11.0. The van der Waals surface area contributed by atoms with E-state index in [1.54, 1.807) is 18.2 Å². The molecule has 104 valence electrons. The average Bonchev–Trinajstić information content (AvgIpc) is 2.32. The average molecular weight is 285 g/mol. The highest BCUT2D eigenvalue weighted by molar-refractivity contribution is 6.34. The number of halogens is 1. The lowest BCUT2D eigenvalue weighted by molar-refractivity contribution is -0.137. The summed E-state index contributed by atoms with van der Waals surface area (Å²) in [7, 11) is 0. The Morgan fingerprint density at radius 3 is 2.58 bits per heavy atom. The van der Waals surface area contributed by atoms with Crippen LogP contribution in [-0.2, 0) is 4.79 Å². The fourth-order valence-electron chi connectivity index (χ4n) is 1.64. The Kier molecular flexibility index (Phi) is 6.15. The summed E-state index contributed by atoms with van der Waals surface area (Å²) in [6.07, 6.45) is 2.62. The van der Waals surface area contributed by atoms with E-state index in [1.807, 2.05) is 0 Å². The summed E-state index contributed by atoms with van der Waals surface area (Å²) in [4.78, 5) is 21.3. The molecule has 0 unspecified atom stereocenters. The normalized spacial score (nSPS) is 10.2. The topological polar surface area (TPSA) is 92.4 Å². The van der Waals surface area contributed by atoms with E-state index in [9.17, 15) is 9.59 Å². The van der Waals surface area contributed by atoms with Crippen molar-refractivity contribution in [3.63, 3.8) is 0 Å². The zero-order valence-electron chi connectivity index (χ0n) is 10.5. The molecule has 6 heteroatoms. The fraction of sp³-hybridized carbons (Fsp3) is 0.385. The van der Waals surface area contributed by atoms with Gasteiger partial charge in [0.15, 0.2) is 0 Å². The van der Waals surface area contributed by atoms with Gasteiger partial charge in [-0.25, -0.2) is 0 Å². The predicted molar refractivity (Wildman–Crippen MR) is 74.6 cm³/mol. The number of primary amides is 1. The Morgan fingerprint density at radius 1 is 1.26 bits per heavy atom. The second kappa shape index (κ2) is 7.63. The molecule has 0 aliphatic heterocycles. The van der Waals surface area contributed by atoms with Crippen molar-refractivity contribution in [2.45, 2.75) is 25.7 Å². The molecule has 0 atom stereocenters. The minimum atomic E-state index is -0.762. The first-order valence-corrected chi connectivity index (χ1v) is 6.43. The smallest absolute Gasteiger partial charge is 0.303 e. The molecular formula is C13H17ClN2O3. The summed E-state index contributed by atoms with van der Waals surface area (Å²) in [6, 6.07) is 4.97. The third kappa shape index (κ3) is 5.61. The van der Waals surface area contributed by atoms with Crippen molar-refractivity contribution in [1.82, 2.24) is 0 Å². The minimum absolute atomic E-state index is 0.207. The molecular weight excluding hydrogens is 268 g/mol. The lowest BCUT2D eigenvalue weighted by Crippen LogP contribution is -2.11. The van der Waals surface area contributed by atoms with Crippen LogP contribution in [0, 0.1) is 0 Å². The second-order valence-electron chi connectivity index (χ2n) is 4.19. The monoisotopic (exact) mass is 284 g/mol. The molecule has 1 aromatic carbocycles. The van der Waals surface area contributed by atoms with Gasteiger partial charge >= 0.3 is 5.97 Å². The first-order valence-electron chi connectivity index (χ1n) is 6.05. The van der Waals surface area contributed by atoms with Crippen LogP contribution >= 0.6 is 11.6 Å². The van der Waals surface area contributed by atoms with Crippen molar-refractivity contribution in [2.24, 2.45) is 5.73 Å². The zero-order valence-corrected chi connectivity index (χ0v) is 11.2. The number of nitrogens with two attached hydrogens (primary N) is 1. The second-order valence-corrected chi connectivity index (χ2v) is 4.60. The lowest BCUT2D eigenvalue weighted by atomic mass is 10.1. The summed E-state index contributed by atoms with van der Waals surface area (Å²) in [5, 5.41) is 12.0. The van der Waals surface area contributed by atoms with Crippen molar-refractivity contribution < 1.29 is 14.7 Å². The van der Waals surface area contributed by atoms with Gasteiger partial charge in [-0.05, 0) is 31.0 Å². The molecule has 4 N–H and O–H groups in total. The summed E-state index contributed by atoms with van der Waals surface area (Å²) in [5.74, 6) is -1.31. The molecule has 0 saturated heterocycles. The Bertz CT molecular complexity index is 463. The number of carboxylic acids is 1. The van der Waals surface area contributed by atoms with Gasteiger partial charge in [0, 0.05) is 18.7 Å². The molecule has 5 nitrogen and oxygen atoms in total. The zero-order chi connectivity index (χ0) is 14.3. The number of rotatable bonds is 8. The van der Waals surface area contributed by atoms with Crippen LogP contribution in [0.15, 0.2) is 18.2 Å². The van der Waals surface area contributed by atoms with Crippen LogP contribution in [0.3, 0.4) is 0 Å². The van der Waals surface area contributed by atoms with E-state index in [4.69, 9.17) is 22.4 Å². The first kappa shape index (κ1) is 15.3. The molecule has 0 fully saturated rings. The Labute approximate surface area is 116 Å². The van der Waals surface area contributed by atoms with E-state index in [1.165, 1.54) is 0 Å². The maximum Gasteiger partial charge on any atom is 0.303 e. The van der Waals surface area contributed by atoms with Crippen LogP contribution in [0.25, 0.3) is 0 Å². The van der Waals surface area contributed by atoms with E-state index < -0.39 is 11.9 Å². The molecule has 0 saturated carbocycles. The number of benzene rings is 1. The van der Waals surface area contributed by atoms with E-state index in [2.05, 4.69) is 5.32 Å². The molecule has 0 heterocycles. The molecule has 19 heavy (non-hydrogen) atoms. The van der Waals surface area contributed by atoms with Crippen molar-refractivity contribution in [2.75, 3.05) is 11.9 Å². The van der Waals surface area contributed by atoms with Crippen molar-refractivity contribution in [1.29, 1.82) is 0 Å². The summed E-state index contributed by atoms with van der Waals surface area (Å²) >= 11 is 5.92. The number of anilines is 1. The number of carbonyl (C=O) groups excluding carboxylic acids is 1. The summed E-state index contributed by atoms with van der Waals surface area (Å²) in [6.45, 7) is 0.728. The number of unbranched alkanes of at least 4 members (excludes halogenated alkanes) is 2. The highest BCUT2D eigenvalue weighted by Gasteiger charge is 2.06. The molecule has 1 aromatic rings. The van der Waals surface area contributed by atoms with Gasteiger partial charge in [-0.3, -0.25) is 9.59 Å². The predicted octanol–water partition coefficient (Wildman–Crippen LogP) is 2.50. The molecule has 0 aromatic heterocycles. The third-order valence-corrected chi connectivity index (χ3v) is 2.94. The van der Waals surface area contributed by atoms with Gasteiger partial charge in [-0.15, -0.1) is 0 Å². The number of carbonyl (C=O) groups is 2. The fourth-order valence-corrected chi connectivity index (χ4v) is 1.91. The number of hydrogen-bond donors (Lipinski definition) is 3.